The van der Waals surface area contributed by atoms with Crippen LogP contribution in [0.2, 0.25) is 0 Å². The molecule has 2 aromatic heterocycles. The molecule has 1 atom stereocenters. The molecule has 124 valence electrons. The molecule has 0 saturated heterocycles. The summed E-state index contributed by atoms with van der Waals surface area (Å²) >= 11 is 0. The highest BCUT2D eigenvalue weighted by Crippen LogP contribution is 2.33. The average Bonchev–Trinajstić information content (AvgIpc) is 3.04. The predicted molar refractivity (Wildman–Crippen MR) is 98.4 cm³/mol. The van der Waals surface area contributed by atoms with Gasteiger partial charge in [0, 0.05) is 35.2 Å². The van der Waals surface area contributed by atoms with Gasteiger partial charge in [0.1, 0.15) is 6.04 Å². The van der Waals surface area contributed by atoms with Crippen LogP contribution in [0, 0.1) is 0 Å². The molecule has 0 amide bonds. The number of nitrogens with one attached hydrogen (secondary N) is 1. The molecule has 0 fully saturated rings. The Bertz CT molecular complexity index is 1080. The molecule has 4 aromatic rings. The summed E-state index contributed by atoms with van der Waals surface area (Å²) in [4.78, 5) is 18.8. The summed E-state index contributed by atoms with van der Waals surface area (Å²) in [5.41, 5.74) is 10.7. The van der Waals surface area contributed by atoms with Gasteiger partial charge in [-0.05, 0) is 23.3 Å². The molecule has 0 aliphatic heterocycles. The second-order valence-electron chi connectivity index (χ2n) is 6.07. The molecule has 2 aromatic carbocycles. The lowest BCUT2D eigenvalue weighted by Gasteiger charge is -2.09. The van der Waals surface area contributed by atoms with Crippen molar-refractivity contribution >= 4 is 27.8 Å². The third-order valence-corrected chi connectivity index (χ3v) is 4.50. The summed E-state index contributed by atoms with van der Waals surface area (Å²) in [6.45, 7) is 0. The van der Waals surface area contributed by atoms with E-state index in [4.69, 9.17) is 10.8 Å². The highest BCUT2D eigenvalue weighted by atomic mass is 16.4. The Labute approximate surface area is 144 Å². The normalized spacial score (nSPS) is 12.5. The number of para-hydroxylation sites is 2. The summed E-state index contributed by atoms with van der Waals surface area (Å²) in [5, 5.41) is 11.1. The third-order valence-electron chi connectivity index (χ3n) is 4.50. The van der Waals surface area contributed by atoms with Crippen molar-refractivity contribution in [3.63, 3.8) is 0 Å². The minimum atomic E-state index is -0.995. The van der Waals surface area contributed by atoms with Crippen molar-refractivity contribution in [2.45, 2.75) is 12.5 Å². The molecule has 0 saturated carbocycles. The number of aliphatic carboxylic acids is 1. The molecule has 0 unspecified atom stereocenters. The second-order valence-corrected chi connectivity index (χ2v) is 6.07. The molecule has 0 aliphatic carbocycles. The standard InChI is InChI=1S/C20H17N3O2/c21-17(20(24)25)10-12-11-23-19-13(12)5-3-6-16(19)14-8-9-22-18-7-2-1-4-15(14)18/h1-9,11,17,23H,10,21H2,(H,24,25)/t17-/m0/s1. The zero-order valence-electron chi connectivity index (χ0n) is 13.4. The van der Waals surface area contributed by atoms with E-state index in [1.165, 1.54) is 0 Å². The van der Waals surface area contributed by atoms with Crippen LogP contribution >= 0.6 is 0 Å². The average molecular weight is 331 g/mol. The van der Waals surface area contributed by atoms with Gasteiger partial charge >= 0.3 is 5.97 Å². The highest BCUT2D eigenvalue weighted by Gasteiger charge is 2.16. The summed E-state index contributed by atoms with van der Waals surface area (Å²) in [6, 6.07) is 15.1. The number of aromatic amines is 1. The number of pyridine rings is 1. The van der Waals surface area contributed by atoms with Crippen LogP contribution in [0.15, 0.2) is 60.9 Å². The van der Waals surface area contributed by atoms with Gasteiger partial charge in [0.15, 0.2) is 0 Å². The first kappa shape index (κ1) is 15.4. The lowest BCUT2D eigenvalue weighted by Crippen LogP contribution is -2.32. The van der Waals surface area contributed by atoms with Crippen LogP contribution in [-0.2, 0) is 11.2 Å². The lowest BCUT2D eigenvalue weighted by atomic mass is 9.97. The number of carboxylic acid groups (broad SMARTS) is 1. The van der Waals surface area contributed by atoms with E-state index in [2.05, 4.69) is 22.1 Å². The Morgan fingerprint density at radius 1 is 1.08 bits per heavy atom. The molecule has 0 spiro atoms. The maximum absolute atomic E-state index is 11.1. The number of benzene rings is 2. The van der Waals surface area contributed by atoms with Crippen molar-refractivity contribution in [3.05, 3.63) is 66.5 Å². The predicted octanol–water partition coefficient (Wildman–Crippen LogP) is 3.34. The highest BCUT2D eigenvalue weighted by molar-refractivity contribution is 6.03. The van der Waals surface area contributed by atoms with Crippen LogP contribution in [0.4, 0.5) is 0 Å². The molecule has 25 heavy (non-hydrogen) atoms. The van der Waals surface area contributed by atoms with Gasteiger partial charge in [-0.1, -0.05) is 36.4 Å². The Morgan fingerprint density at radius 3 is 2.72 bits per heavy atom. The molecule has 0 aliphatic rings. The lowest BCUT2D eigenvalue weighted by molar-refractivity contribution is -0.138. The van der Waals surface area contributed by atoms with Gasteiger partial charge in [0.05, 0.1) is 11.0 Å². The maximum Gasteiger partial charge on any atom is 0.320 e. The molecule has 0 radical (unpaired) electrons. The van der Waals surface area contributed by atoms with Crippen molar-refractivity contribution < 1.29 is 9.90 Å². The van der Waals surface area contributed by atoms with Gasteiger partial charge in [-0.25, -0.2) is 0 Å². The third kappa shape index (κ3) is 2.64. The Hall–Kier alpha value is -3.18. The Kier molecular flexibility index (Phi) is 3.71. The van der Waals surface area contributed by atoms with E-state index in [0.29, 0.717) is 0 Å². The van der Waals surface area contributed by atoms with E-state index >= 15 is 0 Å². The number of carboxylic acids is 1. The molecule has 4 rings (SSSR count). The smallest absolute Gasteiger partial charge is 0.320 e. The van der Waals surface area contributed by atoms with E-state index in [9.17, 15) is 4.79 Å². The van der Waals surface area contributed by atoms with Crippen LogP contribution in [-0.4, -0.2) is 27.1 Å². The number of hydrogen-bond donors (Lipinski definition) is 3. The number of nitrogens with two attached hydrogens (primary N) is 1. The van der Waals surface area contributed by atoms with Gasteiger partial charge in [0.2, 0.25) is 0 Å². The Morgan fingerprint density at radius 2 is 1.88 bits per heavy atom. The van der Waals surface area contributed by atoms with Crippen LogP contribution in [0.3, 0.4) is 0 Å². The fraction of sp³-hybridized carbons (Fsp3) is 0.100. The topological polar surface area (TPSA) is 92.0 Å². The van der Waals surface area contributed by atoms with Crippen LogP contribution < -0.4 is 5.73 Å². The minimum Gasteiger partial charge on any atom is -0.480 e. The van der Waals surface area contributed by atoms with Crippen molar-refractivity contribution in [3.8, 4) is 11.1 Å². The number of rotatable bonds is 4. The van der Waals surface area contributed by atoms with E-state index < -0.39 is 12.0 Å². The SMILES string of the molecule is N[C@@H](Cc1c[nH]c2c(-c3ccnc4ccccc34)cccc12)C(=O)O. The molecule has 5 nitrogen and oxygen atoms in total. The van der Waals surface area contributed by atoms with E-state index in [1.807, 2.05) is 42.6 Å². The van der Waals surface area contributed by atoms with Crippen LogP contribution in [0.5, 0.6) is 0 Å². The first-order valence-corrected chi connectivity index (χ1v) is 8.06. The fourth-order valence-corrected chi connectivity index (χ4v) is 3.26. The van der Waals surface area contributed by atoms with Gasteiger partial charge in [-0.3, -0.25) is 9.78 Å². The molecule has 2 heterocycles. The number of H-pyrrole nitrogens is 1. The zero-order chi connectivity index (χ0) is 17.4. The van der Waals surface area contributed by atoms with Gasteiger partial charge in [0.25, 0.3) is 0 Å². The van der Waals surface area contributed by atoms with Crippen LogP contribution in [0.1, 0.15) is 5.56 Å². The summed E-state index contributed by atoms with van der Waals surface area (Å²) in [7, 11) is 0. The number of aromatic nitrogens is 2. The molecule has 4 N–H and O–H groups in total. The summed E-state index contributed by atoms with van der Waals surface area (Å²) < 4.78 is 0. The van der Waals surface area contributed by atoms with Gasteiger partial charge in [-0.2, -0.15) is 0 Å². The van der Waals surface area contributed by atoms with E-state index in [-0.39, 0.29) is 6.42 Å². The number of fused-ring (bicyclic) bond motifs is 2. The summed E-state index contributed by atoms with van der Waals surface area (Å²) in [5.74, 6) is -0.995. The molecule has 5 heteroatoms. The minimum absolute atomic E-state index is 0.288. The fourth-order valence-electron chi connectivity index (χ4n) is 3.26. The van der Waals surface area contributed by atoms with Crippen molar-refractivity contribution in [2.75, 3.05) is 0 Å². The van der Waals surface area contributed by atoms with E-state index in [1.54, 1.807) is 6.20 Å². The number of carbonyl (C=O) groups is 1. The van der Waals surface area contributed by atoms with Gasteiger partial charge in [-0.15, -0.1) is 0 Å². The zero-order valence-corrected chi connectivity index (χ0v) is 13.4. The number of nitrogens with zero attached hydrogens (tertiary/aromatic N) is 1. The largest absolute Gasteiger partial charge is 0.480 e. The van der Waals surface area contributed by atoms with Crippen molar-refractivity contribution in [1.29, 1.82) is 0 Å². The first-order valence-electron chi connectivity index (χ1n) is 8.06. The molecule has 0 bridgehead atoms. The van der Waals surface area contributed by atoms with Gasteiger partial charge < -0.3 is 15.8 Å². The maximum atomic E-state index is 11.1. The quantitative estimate of drug-likeness (QED) is 0.535. The first-order chi connectivity index (χ1) is 12.1. The number of hydrogen-bond acceptors (Lipinski definition) is 3. The van der Waals surface area contributed by atoms with Crippen molar-refractivity contribution in [2.24, 2.45) is 5.73 Å². The van der Waals surface area contributed by atoms with Crippen molar-refractivity contribution in [1.82, 2.24) is 9.97 Å². The van der Waals surface area contributed by atoms with E-state index in [0.717, 1.165) is 38.5 Å². The monoisotopic (exact) mass is 331 g/mol. The molecular weight excluding hydrogens is 314 g/mol. The second kappa shape index (κ2) is 6.03. The molecular formula is C20H17N3O2. The van der Waals surface area contributed by atoms with Crippen LogP contribution in [0.25, 0.3) is 32.9 Å². The Balaban J connectivity index is 1.89. The summed E-state index contributed by atoms with van der Waals surface area (Å²) in [6.07, 6.45) is 3.94.